The second kappa shape index (κ2) is 7.27. The van der Waals surface area contributed by atoms with E-state index >= 15 is 0 Å². The zero-order chi connectivity index (χ0) is 16.9. The lowest BCUT2D eigenvalue weighted by Crippen LogP contribution is -2.26. The Morgan fingerprint density at radius 2 is 2.08 bits per heavy atom. The van der Waals surface area contributed by atoms with E-state index in [2.05, 4.69) is 21.7 Å². The number of benzene rings is 1. The van der Waals surface area contributed by atoms with Gasteiger partial charge in [-0.05, 0) is 49.1 Å². The van der Waals surface area contributed by atoms with Crippen molar-refractivity contribution in [3.05, 3.63) is 58.0 Å². The Labute approximate surface area is 144 Å². The smallest absolute Gasteiger partial charge is 0.273 e. The zero-order valence-corrected chi connectivity index (χ0v) is 14.3. The predicted octanol–water partition coefficient (Wildman–Crippen LogP) is 2.62. The summed E-state index contributed by atoms with van der Waals surface area (Å²) in [4.78, 5) is 13.5. The molecule has 3 aromatic rings. The van der Waals surface area contributed by atoms with Crippen molar-refractivity contribution < 1.29 is 9.53 Å². The van der Waals surface area contributed by atoms with Crippen LogP contribution in [0.4, 0.5) is 0 Å². The fourth-order valence-corrected chi connectivity index (χ4v) is 3.05. The van der Waals surface area contributed by atoms with Crippen LogP contribution in [0.2, 0.25) is 0 Å². The first-order valence-electron chi connectivity index (χ1n) is 7.56. The number of hydrogen-bond acceptors (Lipinski definition) is 5. The van der Waals surface area contributed by atoms with Gasteiger partial charge in [-0.2, -0.15) is 0 Å². The molecule has 6 nitrogen and oxygen atoms in total. The molecule has 7 heteroatoms. The van der Waals surface area contributed by atoms with Gasteiger partial charge in [0.1, 0.15) is 5.75 Å². The molecule has 0 radical (unpaired) electrons. The minimum atomic E-state index is -0.205. The molecule has 0 saturated carbocycles. The molecule has 0 aliphatic heterocycles. The van der Waals surface area contributed by atoms with Crippen molar-refractivity contribution in [2.24, 2.45) is 0 Å². The Kier molecular flexibility index (Phi) is 4.90. The minimum absolute atomic E-state index is 0.205. The molecule has 0 fully saturated rings. The molecule has 0 bridgehead atoms. The standard InChI is InChI=1S/C17H18N4O2S/c1-12-16(17(22)18-10-9-15-4-3-11-24-15)19-20-21(12)13-5-7-14(23-2)8-6-13/h3-8,11H,9-10H2,1-2H3,(H,18,22). The summed E-state index contributed by atoms with van der Waals surface area (Å²) in [6.45, 7) is 2.41. The number of hydrogen-bond donors (Lipinski definition) is 1. The van der Waals surface area contributed by atoms with Gasteiger partial charge in [-0.25, -0.2) is 4.68 Å². The largest absolute Gasteiger partial charge is 0.497 e. The lowest BCUT2D eigenvalue weighted by Gasteiger charge is -2.06. The highest BCUT2D eigenvalue weighted by atomic mass is 32.1. The fraction of sp³-hybridized carbons (Fsp3) is 0.235. The Balaban J connectivity index is 1.68. The van der Waals surface area contributed by atoms with Gasteiger partial charge in [-0.3, -0.25) is 4.79 Å². The molecular formula is C17H18N4O2S. The van der Waals surface area contributed by atoms with E-state index in [0.29, 0.717) is 17.9 Å². The van der Waals surface area contributed by atoms with Gasteiger partial charge in [0.25, 0.3) is 5.91 Å². The highest BCUT2D eigenvalue weighted by Gasteiger charge is 2.17. The van der Waals surface area contributed by atoms with E-state index in [1.54, 1.807) is 23.1 Å². The van der Waals surface area contributed by atoms with Gasteiger partial charge >= 0.3 is 0 Å². The number of carbonyl (C=O) groups excluding carboxylic acids is 1. The summed E-state index contributed by atoms with van der Waals surface area (Å²) in [7, 11) is 1.62. The van der Waals surface area contributed by atoms with Crippen LogP contribution in [0.25, 0.3) is 5.69 Å². The summed E-state index contributed by atoms with van der Waals surface area (Å²) in [6.07, 6.45) is 0.815. The molecule has 0 spiro atoms. The Bertz CT molecular complexity index is 810. The molecule has 24 heavy (non-hydrogen) atoms. The van der Waals surface area contributed by atoms with Gasteiger partial charge in [0.15, 0.2) is 5.69 Å². The Morgan fingerprint density at radius 1 is 1.29 bits per heavy atom. The average Bonchev–Trinajstić information content (AvgIpc) is 3.24. The van der Waals surface area contributed by atoms with E-state index < -0.39 is 0 Å². The molecule has 0 atom stereocenters. The molecule has 0 saturated heterocycles. The minimum Gasteiger partial charge on any atom is -0.497 e. The number of ether oxygens (including phenoxy) is 1. The van der Waals surface area contributed by atoms with Gasteiger partial charge in [0.2, 0.25) is 0 Å². The predicted molar refractivity (Wildman–Crippen MR) is 93.0 cm³/mol. The summed E-state index contributed by atoms with van der Waals surface area (Å²) >= 11 is 1.68. The van der Waals surface area contributed by atoms with Gasteiger partial charge < -0.3 is 10.1 Å². The molecule has 124 valence electrons. The maximum Gasteiger partial charge on any atom is 0.273 e. The summed E-state index contributed by atoms with van der Waals surface area (Å²) in [5, 5.41) is 13.0. The molecule has 1 N–H and O–H groups in total. The monoisotopic (exact) mass is 342 g/mol. The number of methoxy groups -OCH3 is 1. The summed E-state index contributed by atoms with van der Waals surface area (Å²) in [5.41, 5.74) is 1.88. The first-order valence-corrected chi connectivity index (χ1v) is 8.44. The summed E-state index contributed by atoms with van der Waals surface area (Å²) in [6, 6.07) is 11.5. The van der Waals surface area contributed by atoms with Crippen molar-refractivity contribution in [3.63, 3.8) is 0 Å². The third-order valence-electron chi connectivity index (χ3n) is 3.66. The number of carbonyl (C=O) groups is 1. The van der Waals surface area contributed by atoms with Gasteiger partial charge in [0, 0.05) is 11.4 Å². The highest BCUT2D eigenvalue weighted by Crippen LogP contribution is 2.16. The van der Waals surface area contributed by atoms with Crippen LogP contribution in [0, 0.1) is 6.92 Å². The van der Waals surface area contributed by atoms with Crippen molar-refractivity contribution in [1.29, 1.82) is 0 Å². The van der Waals surface area contributed by atoms with E-state index in [-0.39, 0.29) is 5.91 Å². The fourth-order valence-electron chi connectivity index (χ4n) is 2.35. The number of thiophene rings is 1. The van der Waals surface area contributed by atoms with Gasteiger partial charge in [0.05, 0.1) is 18.5 Å². The lowest BCUT2D eigenvalue weighted by molar-refractivity contribution is 0.0948. The first-order chi connectivity index (χ1) is 11.7. The van der Waals surface area contributed by atoms with Crippen molar-refractivity contribution in [3.8, 4) is 11.4 Å². The van der Waals surface area contributed by atoms with Crippen LogP contribution in [0.5, 0.6) is 5.75 Å². The van der Waals surface area contributed by atoms with Crippen LogP contribution < -0.4 is 10.1 Å². The Morgan fingerprint density at radius 3 is 2.75 bits per heavy atom. The van der Waals surface area contributed by atoms with E-state index in [9.17, 15) is 4.79 Å². The van der Waals surface area contributed by atoms with Crippen LogP contribution in [0.3, 0.4) is 0 Å². The van der Waals surface area contributed by atoms with Crippen LogP contribution in [0.1, 0.15) is 21.1 Å². The Hall–Kier alpha value is -2.67. The molecule has 0 unspecified atom stereocenters. The van der Waals surface area contributed by atoms with Crippen LogP contribution in [0.15, 0.2) is 41.8 Å². The van der Waals surface area contributed by atoms with Gasteiger partial charge in [-0.15, -0.1) is 16.4 Å². The van der Waals surface area contributed by atoms with Crippen LogP contribution in [-0.2, 0) is 6.42 Å². The molecule has 3 rings (SSSR count). The second-order valence-electron chi connectivity index (χ2n) is 5.22. The van der Waals surface area contributed by atoms with Crippen molar-refractivity contribution in [2.75, 3.05) is 13.7 Å². The van der Waals surface area contributed by atoms with Gasteiger partial charge in [-0.1, -0.05) is 11.3 Å². The number of aromatic nitrogens is 3. The zero-order valence-electron chi connectivity index (χ0n) is 13.5. The van der Waals surface area contributed by atoms with Crippen LogP contribution in [-0.4, -0.2) is 34.6 Å². The van der Waals surface area contributed by atoms with E-state index in [0.717, 1.165) is 17.9 Å². The maximum atomic E-state index is 12.3. The van der Waals surface area contributed by atoms with E-state index in [1.165, 1.54) is 4.88 Å². The highest BCUT2D eigenvalue weighted by molar-refractivity contribution is 7.09. The third-order valence-corrected chi connectivity index (χ3v) is 4.60. The van der Waals surface area contributed by atoms with Crippen LogP contribution >= 0.6 is 11.3 Å². The number of nitrogens with zero attached hydrogens (tertiary/aromatic N) is 3. The molecule has 0 aliphatic rings. The molecule has 2 aromatic heterocycles. The molecule has 0 aliphatic carbocycles. The third kappa shape index (κ3) is 3.46. The molecule has 1 aromatic carbocycles. The molecular weight excluding hydrogens is 324 g/mol. The second-order valence-corrected chi connectivity index (χ2v) is 6.25. The maximum absolute atomic E-state index is 12.3. The number of amides is 1. The van der Waals surface area contributed by atoms with E-state index in [4.69, 9.17) is 4.74 Å². The summed E-state index contributed by atoms with van der Waals surface area (Å²) < 4.78 is 6.79. The first kappa shape index (κ1) is 16.2. The molecule has 2 heterocycles. The molecule has 1 amide bonds. The summed E-state index contributed by atoms with van der Waals surface area (Å²) in [5.74, 6) is 0.562. The normalized spacial score (nSPS) is 10.6. The van der Waals surface area contributed by atoms with Crippen molar-refractivity contribution >= 4 is 17.2 Å². The SMILES string of the molecule is COc1ccc(-n2nnc(C(=O)NCCc3cccs3)c2C)cc1. The number of nitrogens with one attached hydrogen (secondary N) is 1. The van der Waals surface area contributed by atoms with Crippen molar-refractivity contribution in [1.82, 2.24) is 20.3 Å². The average molecular weight is 342 g/mol. The quantitative estimate of drug-likeness (QED) is 0.748. The number of rotatable bonds is 6. The van der Waals surface area contributed by atoms with E-state index in [1.807, 2.05) is 42.6 Å². The van der Waals surface area contributed by atoms with Crippen molar-refractivity contribution in [2.45, 2.75) is 13.3 Å². The topological polar surface area (TPSA) is 69.0 Å². The lowest BCUT2D eigenvalue weighted by atomic mass is 10.2.